The van der Waals surface area contributed by atoms with Crippen LogP contribution in [0.2, 0.25) is 12.6 Å². The van der Waals surface area contributed by atoms with Crippen LogP contribution in [0.25, 0.3) is 11.2 Å². The van der Waals surface area contributed by atoms with Crippen molar-refractivity contribution < 1.29 is 23.3 Å². The summed E-state index contributed by atoms with van der Waals surface area (Å²) in [4.78, 5) is 26.5. The molecule has 11 nitrogen and oxygen atoms in total. The molecule has 51 heavy (non-hydrogen) atoms. The largest absolute Gasteiger partial charge is 0.368 e. The van der Waals surface area contributed by atoms with Gasteiger partial charge in [0.2, 0.25) is 0 Å². The van der Waals surface area contributed by atoms with Crippen LogP contribution in [0.3, 0.4) is 0 Å². The maximum absolute atomic E-state index is 13.0. The fourth-order valence-electron chi connectivity index (χ4n) is 8.38. The lowest BCUT2D eigenvalue weighted by atomic mass is 9.96. The quantitative estimate of drug-likeness (QED) is 0.147. The lowest BCUT2D eigenvalue weighted by molar-refractivity contribution is -0.172. The van der Waals surface area contributed by atoms with Gasteiger partial charge < -0.3 is 23.8 Å². The van der Waals surface area contributed by atoms with E-state index in [0.29, 0.717) is 41.6 Å². The van der Waals surface area contributed by atoms with Crippen LogP contribution in [-0.4, -0.2) is 81.3 Å². The summed E-state index contributed by atoms with van der Waals surface area (Å²) in [6.07, 6.45) is 4.91. The van der Waals surface area contributed by atoms with Crippen LogP contribution in [0.15, 0.2) is 104 Å². The Hall–Kier alpha value is -3.87. The molecule has 262 valence electrons. The van der Waals surface area contributed by atoms with Crippen LogP contribution in [-0.2, 0) is 18.5 Å². The average molecular weight is 721 g/mol. The number of carbonyl (C=O) groups is 1. The lowest BCUT2D eigenvalue weighted by Crippen LogP contribution is -2.58. The predicted octanol–water partition coefficient (Wildman–Crippen LogP) is 5.52. The predicted molar refractivity (Wildman–Crippen MR) is 198 cm³/mol. The Labute approximate surface area is 299 Å². The van der Waals surface area contributed by atoms with E-state index in [4.69, 9.17) is 18.5 Å². The minimum atomic E-state index is -2.14. The SMILES string of the molecule is CC[C@@]12CO[C@@H](C1O[P@]1O[C@@H](C[Si](C)(c3ccccc3)c3ccccc3)[C@H]3CCCN31)[C@H](n1cnc3c(NC(=O)c4ccccc4)ncnc31)O2. The molecule has 7 atom stereocenters. The summed E-state index contributed by atoms with van der Waals surface area (Å²) in [6.45, 7) is 6.01. The van der Waals surface area contributed by atoms with E-state index in [1.54, 1.807) is 18.5 Å². The maximum Gasteiger partial charge on any atom is 0.259 e. The minimum Gasteiger partial charge on any atom is -0.368 e. The third-order valence-corrected chi connectivity index (χ3v) is 17.5. The zero-order valence-electron chi connectivity index (χ0n) is 28.7. The molecular formula is C38H41N6O5PSi. The van der Waals surface area contributed by atoms with E-state index < -0.39 is 28.4 Å². The summed E-state index contributed by atoms with van der Waals surface area (Å²) in [6, 6.07) is 32.3. The zero-order chi connectivity index (χ0) is 34.6. The maximum atomic E-state index is 13.0. The van der Waals surface area contributed by atoms with Gasteiger partial charge in [-0.1, -0.05) is 103 Å². The topological polar surface area (TPSA) is 113 Å². The standard InChI is InChI=1S/C38H41N6O5PSi/c1-3-38-23-46-32(37(47-38)43-25-41-31-34(39-24-40-35(31)43)42-36(45)26-14-7-4-8-15-26)33(38)49-50-44-21-13-20-29(44)30(48-50)22-51(2,27-16-9-5-10-17-27)28-18-11-6-12-19-28/h4-12,14-19,24-25,29-30,32-33,37H,3,13,20-23H2,1-2H3,(H,39,40,42,45)/t29-,30+,32+,33?,37-,38-,50+/m1/s1. The monoisotopic (exact) mass is 720 g/mol. The molecule has 5 aromatic rings. The highest BCUT2D eigenvalue weighted by Crippen LogP contribution is 2.61. The minimum absolute atomic E-state index is 0.0729. The first-order chi connectivity index (χ1) is 25.0. The van der Waals surface area contributed by atoms with Crippen molar-refractivity contribution in [3.05, 3.63) is 109 Å². The van der Waals surface area contributed by atoms with Crippen molar-refractivity contribution in [3.8, 4) is 0 Å². The molecule has 0 saturated carbocycles. The Bertz CT molecular complexity index is 1990. The molecule has 4 saturated heterocycles. The Morgan fingerprint density at radius 3 is 2.41 bits per heavy atom. The number of imidazole rings is 1. The smallest absolute Gasteiger partial charge is 0.259 e. The van der Waals surface area contributed by atoms with Gasteiger partial charge in [0, 0.05) is 18.2 Å². The van der Waals surface area contributed by atoms with Crippen LogP contribution in [0, 0.1) is 0 Å². The molecule has 0 aliphatic carbocycles. The van der Waals surface area contributed by atoms with E-state index in [-0.39, 0.29) is 24.2 Å². The van der Waals surface area contributed by atoms with Crippen molar-refractivity contribution in [1.82, 2.24) is 24.2 Å². The lowest BCUT2D eigenvalue weighted by Gasteiger charge is -2.32. The number of ether oxygens (including phenoxy) is 2. The van der Waals surface area contributed by atoms with Crippen LogP contribution >= 0.6 is 8.53 Å². The van der Waals surface area contributed by atoms with Gasteiger partial charge in [-0.2, -0.15) is 0 Å². The molecule has 1 unspecified atom stereocenters. The van der Waals surface area contributed by atoms with Crippen LogP contribution in [0.5, 0.6) is 0 Å². The van der Waals surface area contributed by atoms with Crippen molar-refractivity contribution in [3.63, 3.8) is 0 Å². The Kier molecular flexibility index (Phi) is 8.59. The van der Waals surface area contributed by atoms with Crippen LogP contribution < -0.4 is 15.7 Å². The summed E-state index contributed by atoms with van der Waals surface area (Å²) in [5, 5.41) is 5.74. The molecule has 2 aromatic heterocycles. The fourth-order valence-corrected chi connectivity index (χ4v) is 14.4. The summed E-state index contributed by atoms with van der Waals surface area (Å²) in [5.41, 5.74) is 0.920. The van der Waals surface area contributed by atoms with Gasteiger partial charge in [-0.15, -0.1) is 0 Å². The molecular weight excluding hydrogens is 680 g/mol. The number of nitrogens with zero attached hydrogens (tertiary/aromatic N) is 5. The molecule has 0 radical (unpaired) electrons. The molecule has 6 heterocycles. The van der Waals surface area contributed by atoms with Gasteiger partial charge in [-0.3, -0.25) is 9.36 Å². The highest BCUT2D eigenvalue weighted by Gasteiger charge is 2.64. The van der Waals surface area contributed by atoms with Gasteiger partial charge in [0.05, 0.1) is 19.0 Å². The first-order valence-electron chi connectivity index (χ1n) is 17.8. The number of rotatable bonds is 10. The molecule has 1 amide bonds. The number of amides is 1. The summed E-state index contributed by atoms with van der Waals surface area (Å²) < 4.78 is 31.9. The Morgan fingerprint density at radius 1 is 1.00 bits per heavy atom. The zero-order valence-corrected chi connectivity index (χ0v) is 30.6. The highest BCUT2D eigenvalue weighted by atomic mass is 31.2. The van der Waals surface area contributed by atoms with Crippen LogP contribution in [0.4, 0.5) is 5.82 Å². The number of hydrogen-bond donors (Lipinski definition) is 1. The highest BCUT2D eigenvalue weighted by molar-refractivity contribution is 7.45. The normalized spacial score (nSPS) is 28.7. The van der Waals surface area contributed by atoms with E-state index in [1.165, 1.54) is 16.7 Å². The second-order valence-corrected chi connectivity index (χ2v) is 19.8. The van der Waals surface area contributed by atoms with Crippen molar-refractivity contribution in [1.29, 1.82) is 0 Å². The van der Waals surface area contributed by atoms with E-state index in [9.17, 15) is 4.79 Å². The average Bonchev–Trinajstić information content (AvgIpc) is 4.01. The summed E-state index contributed by atoms with van der Waals surface area (Å²) in [7, 11) is -3.47. The molecule has 1 N–H and O–H groups in total. The van der Waals surface area contributed by atoms with Crippen molar-refractivity contribution >= 4 is 49.9 Å². The van der Waals surface area contributed by atoms with Gasteiger partial charge in [-0.05, 0) is 37.4 Å². The number of nitrogens with one attached hydrogen (secondary N) is 1. The van der Waals surface area contributed by atoms with E-state index >= 15 is 0 Å². The molecule has 4 aliphatic heterocycles. The summed E-state index contributed by atoms with van der Waals surface area (Å²) >= 11 is 0. The van der Waals surface area contributed by atoms with Gasteiger partial charge >= 0.3 is 0 Å². The molecule has 4 aliphatic rings. The third kappa shape index (κ3) is 5.65. The molecule has 9 rings (SSSR count). The molecule has 2 bridgehead atoms. The fraction of sp³-hybridized carbons (Fsp3) is 0.368. The first-order valence-corrected chi connectivity index (χ1v) is 21.7. The molecule has 4 fully saturated rings. The van der Waals surface area contributed by atoms with Crippen molar-refractivity contribution in [2.75, 3.05) is 18.5 Å². The van der Waals surface area contributed by atoms with Gasteiger partial charge in [0.1, 0.15) is 32.2 Å². The van der Waals surface area contributed by atoms with Crippen LogP contribution in [0.1, 0.15) is 42.8 Å². The number of hydrogen-bond acceptors (Lipinski definition) is 9. The molecule has 0 spiro atoms. The molecule has 3 aromatic carbocycles. The third-order valence-electron chi connectivity index (χ3n) is 11.2. The van der Waals surface area contributed by atoms with E-state index in [0.717, 1.165) is 25.4 Å². The number of aromatic nitrogens is 4. The second-order valence-electron chi connectivity index (χ2n) is 14.1. The molecule has 13 heteroatoms. The summed E-state index contributed by atoms with van der Waals surface area (Å²) in [5.74, 6) is 0.0705. The van der Waals surface area contributed by atoms with Crippen molar-refractivity contribution in [2.45, 2.75) is 75.0 Å². The van der Waals surface area contributed by atoms with E-state index in [2.05, 4.69) is 99.1 Å². The Balaban J connectivity index is 0.970. The second kappa shape index (κ2) is 13.3. The van der Waals surface area contributed by atoms with Gasteiger partial charge in [0.25, 0.3) is 14.4 Å². The number of anilines is 1. The van der Waals surface area contributed by atoms with Crippen molar-refractivity contribution in [2.24, 2.45) is 0 Å². The Morgan fingerprint density at radius 2 is 1.71 bits per heavy atom. The first kappa shape index (κ1) is 33.0. The van der Waals surface area contributed by atoms with E-state index in [1.807, 2.05) is 22.8 Å². The van der Waals surface area contributed by atoms with Gasteiger partial charge in [0.15, 0.2) is 23.2 Å². The number of fused-ring (bicyclic) bond motifs is 4. The van der Waals surface area contributed by atoms with Gasteiger partial charge in [-0.25, -0.2) is 19.6 Å². The number of carbonyl (C=O) groups excluding carboxylic acids is 1. The number of benzene rings is 3.